The fourth-order valence-corrected chi connectivity index (χ4v) is 6.38. The van der Waals surface area contributed by atoms with E-state index in [1.165, 1.54) is 27.0 Å². The number of nitrogens with zero attached hydrogens (tertiary/aromatic N) is 4. The van der Waals surface area contributed by atoms with Crippen LogP contribution in [0, 0.1) is 0 Å². The molecule has 11 heteroatoms. The van der Waals surface area contributed by atoms with E-state index in [-0.39, 0.29) is 5.96 Å². The van der Waals surface area contributed by atoms with Gasteiger partial charge in [0, 0.05) is 13.2 Å². The molecule has 3 aromatic rings. The van der Waals surface area contributed by atoms with Gasteiger partial charge in [0.15, 0.2) is 5.76 Å². The van der Waals surface area contributed by atoms with Crippen molar-refractivity contribution in [3.8, 4) is 21.4 Å². The predicted octanol–water partition coefficient (Wildman–Crippen LogP) is 3.88. The molecule has 0 amide bonds. The summed E-state index contributed by atoms with van der Waals surface area (Å²) in [4.78, 5) is 15.9. The lowest BCUT2D eigenvalue weighted by molar-refractivity contribution is 0.524. The van der Waals surface area contributed by atoms with Crippen molar-refractivity contribution in [2.45, 2.75) is 25.8 Å². The van der Waals surface area contributed by atoms with Gasteiger partial charge in [0.2, 0.25) is 11.9 Å². The maximum Gasteiger partial charge on any atom is 0.237 e. The van der Waals surface area contributed by atoms with Crippen molar-refractivity contribution >= 4 is 51.2 Å². The second-order valence-electron chi connectivity index (χ2n) is 6.51. The van der Waals surface area contributed by atoms with Crippen LogP contribution in [0.25, 0.3) is 21.4 Å². The van der Waals surface area contributed by atoms with Crippen LogP contribution in [0.2, 0.25) is 5.02 Å². The molecule has 3 aromatic heterocycles. The highest BCUT2D eigenvalue weighted by Gasteiger charge is 2.39. The number of hydrogen-bond acceptors (Lipinski definition) is 8. The number of oxazole rings is 1. The van der Waals surface area contributed by atoms with Gasteiger partial charge in [0.25, 0.3) is 0 Å². The van der Waals surface area contributed by atoms with Crippen LogP contribution < -0.4 is 5.73 Å². The Morgan fingerprint density at radius 2 is 2.25 bits per heavy atom. The van der Waals surface area contributed by atoms with Crippen LogP contribution in [0.3, 0.4) is 0 Å². The van der Waals surface area contributed by atoms with Crippen LogP contribution in [-0.4, -0.2) is 37.2 Å². The molecule has 2 N–H and O–H groups in total. The van der Waals surface area contributed by atoms with Gasteiger partial charge in [-0.25, -0.2) is 14.2 Å². The first-order chi connectivity index (χ1) is 13.3. The topological polar surface area (TPSA) is 97.6 Å². The highest BCUT2D eigenvalue weighted by atomic mass is 35.5. The third kappa shape index (κ3) is 3.28. The normalized spacial score (nSPS) is 22.5. The van der Waals surface area contributed by atoms with Gasteiger partial charge < -0.3 is 10.2 Å². The van der Waals surface area contributed by atoms with Crippen molar-refractivity contribution < 1.29 is 8.63 Å². The maximum absolute atomic E-state index is 12.4. The fraction of sp³-hybridized carbons (Fsp3) is 0.353. The van der Waals surface area contributed by atoms with E-state index >= 15 is 0 Å². The predicted molar refractivity (Wildman–Crippen MR) is 115 cm³/mol. The Hall–Kier alpha value is -1.75. The molecular weight excluding hydrogens is 438 g/mol. The Bertz CT molecular complexity index is 1070. The molecule has 4 rings (SSSR count). The Morgan fingerprint density at radius 3 is 2.89 bits per heavy atom. The maximum atomic E-state index is 12.4. The lowest BCUT2D eigenvalue weighted by Gasteiger charge is -2.33. The van der Waals surface area contributed by atoms with E-state index in [1.54, 1.807) is 18.8 Å². The minimum Gasteiger partial charge on any atom is -0.434 e. The molecule has 0 spiro atoms. The van der Waals surface area contributed by atoms with Crippen molar-refractivity contribution in [2.75, 3.05) is 12.8 Å². The van der Waals surface area contributed by atoms with Gasteiger partial charge in [0.1, 0.15) is 16.5 Å². The van der Waals surface area contributed by atoms with E-state index in [1.807, 2.05) is 19.9 Å². The van der Waals surface area contributed by atoms with Crippen molar-refractivity contribution in [1.82, 2.24) is 14.3 Å². The highest BCUT2D eigenvalue weighted by Crippen LogP contribution is 2.44. The van der Waals surface area contributed by atoms with Gasteiger partial charge in [-0.05, 0) is 19.4 Å². The first kappa shape index (κ1) is 19.6. The summed E-state index contributed by atoms with van der Waals surface area (Å²) in [7, 11) is 0.394. The average Bonchev–Trinajstić information content (AvgIpc) is 3.37. The summed E-state index contributed by atoms with van der Waals surface area (Å²) < 4.78 is 19.9. The van der Waals surface area contributed by atoms with E-state index in [2.05, 4.69) is 15.0 Å². The molecule has 0 saturated heterocycles. The summed E-state index contributed by atoms with van der Waals surface area (Å²) in [6, 6.07) is 1.82. The van der Waals surface area contributed by atoms with Gasteiger partial charge in [0.05, 0.1) is 36.6 Å². The molecule has 2 atom stereocenters. The number of thiazole rings is 1. The average molecular weight is 456 g/mol. The van der Waals surface area contributed by atoms with E-state index in [0.717, 1.165) is 32.5 Å². The molecular formula is C17H18ClN5O2S3. The molecule has 2 unspecified atom stereocenters. The summed E-state index contributed by atoms with van der Waals surface area (Å²) in [5.74, 6) is 1.78. The monoisotopic (exact) mass is 455 g/mol. The second-order valence-corrected chi connectivity index (χ2v) is 10.3. The van der Waals surface area contributed by atoms with Crippen LogP contribution >= 0.6 is 34.3 Å². The first-order valence-electron chi connectivity index (χ1n) is 8.48. The minimum absolute atomic E-state index is 0.231. The number of guanidine groups is 1. The summed E-state index contributed by atoms with van der Waals surface area (Å²) in [5, 5.41) is 0.538. The van der Waals surface area contributed by atoms with Crippen molar-refractivity contribution in [2.24, 2.45) is 10.7 Å². The number of nitrogens with two attached hydrogens (primary N) is 1. The fourth-order valence-electron chi connectivity index (χ4n) is 2.97. The molecule has 28 heavy (non-hydrogen) atoms. The lowest BCUT2D eigenvalue weighted by Crippen LogP contribution is -2.47. The van der Waals surface area contributed by atoms with E-state index in [9.17, 15) is 4.21 Å². The molecule has 0 aromatic carbocycles. The number of rotatable bonds is 4. The zero-order valence-corrected chi connectivity index (χ0v) is 18.6. The van der Waals surface area contributed by atoms with Gasteiger partial charge in [-0.1, -0.05) is 18.5 Å². The Morgan fingerprint density at radius 1 is 1.46 bits per heavy atom. The highest BCUT2D eigenvalue weighted by molar-refractivity contribution is 7.83. The van der Waals surface area contributed by atoms with Crippen LogP contribution in [0.4, 0.5) is 0 Å². The van der Waals surface area contributed by atoms with Crippen LogP contribution in [0.15, 0.2) is 27.2 Å². The van der Waals surface area contributed by atoms with E-state index < -0.39 is 16.5 Å². The van der Waals surface area contributed by atoms with Gasteiger partial charge >= 0.3 is 0 Å². The van der Waals surface area contributed by atoms with Gasteiger partial charge in [-0.3, -0.25) is 9.29 Å². The first-order valence-corrected chi connectivity index (χ1v) is 11.8. The number of hydrogen-bond donors (Lipinski definition) is 1. The molecule has 1 aliphatic heterocycles. The van der Waals surface area contributed by atoms with Crippen LogP contribution in [0.1, 0.15) is 24.4 Å². The number of aryl methyl sites for hydroxylation is 1. The molecule has 0 bridgehead atoms. The molecule has 7 nitrogen and oxygen atoms in total. The molecule has 0 saturated carbocycles. The van der Waals surface area contributed by atoms with Crippen LogP contribution in [0.5, 0.6) is 0 Å². The molecule has 0 aliphatic carbocycles. The van der Waals surface area contributed by atoms with Gasteiger partial charge in [-0.2, -0.15) is 0 Å². The van der Waals surface area contributed by atoms with Gasteiger partial charge in [-0.15, -0.1) is 22.7 Å². The SMILES string of the molecule is CCc1nc(-c2cc(Cl)c(C3(C)CS(=O)N(C)C(N)=N3)s2)oc1-c1cncs1. The largest absolute Gasteiger partial charge is 0.434 e. The summed E-state index contributed by atoms with van der Waals surface area (Å²) >= 11 is 9.48. The number of aliphatic imine (C=N–C) groups is 1. The lowest BCUT2D eigenvalue weighted by atomic mass is 10.0. The zero-order chi connectivity index (χ0) is 20.1. The summed E-state index contributed by atoms with van der Waals surface area (Å²) in [6.45, 7) is 3.92. The Labute approximate surface area is 177 Å². The Balaban J connectivity index is 1.76. The third-order valence-corrected chi connectivity index (χ3v) is 8.63. The third-order valence-electron chi connectivity index (χ3n) is 4.47. The zero-order valence-electron chi connectivity index (χ0n) is 15.4. The Kier molecular flexibility index (Phi) is 5.07. The van der Waals surface area contributed by atoms with Crippen molar-refractivity contribution in [1.29, 1.82) is 0 Å². The quantitative estimate of drug-likeness (QED) is 0.643. The molecule has 1 aliphatic rings. The second kappa shape index (κ2) is 7.25. The minimum atomic E-state index is -1.27. The van der Waals surface area contributed by atoms with Crippen molar-refractivity contribution in [3.05, 3.63) is 33.4 Å². The summed E-state index contributed by atoms with van der Waals surface area (Å²) in [5.41, 5.74) is 7.83. The number of halogens is 1. The smallest absolute Gasteiger partial charge is 0.237 e. The number of thiophene rings is 1. The summed E-state index contributed by atoms with van der Waals surface area (Å²) in [6.07, 6.45) is 2.51. The molecule has 148 valence electrons. The molecule has 0 fully saturated rings. The van der Waals surface area contributed by atoms with E-state index in [4.69, 9.17) is 21.8 Å². The van der Waals surface area contributed by atoms with Crippen molar-refractivity contribution in [3.63, 3.8) is 0 Å². The molecule has 4 heterocycles. The van der Waals surface area contributed by atoms with Crippen LogP contribution in [-0.2, 0) is 22.9 Å². The number of aromatic nitrogens is 2. The standard InChI is InChI=1S/C17H18ClN5O2S3/c1-4-10-13(12-6-20-8-26-12)25-15(21-10)11-5-9(18)14(27-11)17(2)7-28(24)23(3)16(19)22-17/h5-6,8H,4,7H2,1-3H3,(H2,19,22). The van der Waals surface area contributed by atoms with E-state index in [0.29, 0.717) is 16.7 Å². The molecule has 0 radical (unpaired) electrons.